The van der Waals surface area contributed by atoms with Crippen LogP contribution in [-0.4, -0.2) is 31.2 Å². The maximum Gasteiger partial charge on any atom is 0.253 e. The summed E-state index contributed by atoms with van der Waals surface area (Å²) in [7, 11) is 3.26. The molecule has 168 valence electrons. The predicted octanol–water partition coefficient (Wildman–Crippen LogP) is 5.44. The fourth-order valence-corrected chi connectivity index (χ4v) is 4.00. The largest absolute Gasteiger partial charge is 0.497 e. The van der Waals surface area contributed by atoms with Crippen LogP contribution in [-0.2, 0) is 6.42 Å². The van der Waals surface area contributed by atoms with Crippen LogP contribution in [0.4, 0.5) is 0 Å². The average molecular weight is 441 g/mol. The number of nitrogens with zero attached hydrogens (tertiary/aromatic N) is 1. The lowest BCUT2D eigenvalue weighted by Crippen LogP contribution is -2.26. The molecule has 1 aromatic heterocycles. The Morgan fingerprint density at radius 1 is 0.879 bits per heavy atom. The zero-order valence-electron chi connectivity index (χ0n) is 19.2. The van der Waals surface area contributed by atoms with E-state index in [1.54, 1.807) is 14.2 Å². The molecule has 4 aromatic rings. The van der Waals surface area contributed by atoms with Crippen molar-refractivity contribution in [3.63, 3.8) is 0 Å². The Labute approximate surface area is 194 Å². The highest BCUT2D eigenvalue weighted by Gasteiger charge is 2.21. The second-order valence-electron chi connectivity index (χ2n) is 7.76. The van der Waals surface area contributed by atoms with Crippen LogP contribution in [0.3, 0.4) is 0 Å². The third-order valence-electron chi connectivity index (χ3n) is 5.73. The molecular formula is C28H28N2O3. The fourth-order valence-electron chi connectivity index (χ4n) is 4.00. The number of aromatic nitrogens is 1. The maximum atomic E-state index is 13.2. The van der Waals surface area contributed by atoms with Gasteiger partial charge in [-0.15, -0.1) is 0 Å². The SMILES string of the molecule is COc1ccc(-n2c(-c3ccccc3)cc(C(=O)NCCc3ccccc3)c2C)c(OC)c1. The molecule has 0 atom stereocenters. The lowest BCUT2D eigenvalue weighted by molar-refractivity contribution is 0.0953. The minimum Gasteiger partial charge on any atom is -0.497 e. The summed E-state index contributed by atoms with van der Waals surface area (Å²) in [6.45, 7) is 2.53. The van der Waals surface area contributed by atoms with Crippen molar-refractivity contribution < 1.29 is 14.3 Å². The van der Waals surface area contributed by atoms with E-state index in [0.717, 1.165) is 29.1 Å². The van der Waals surface area contributed by atoms with Gasteiger partial charge in [-0.25, -0.2) is 0 Å². The molecule has 0 saturated carbocycles. The van der Waals surface area contributed by atoms with Crippen LogP contribution in [0.2, 0.25) is 0 Å². The standard InChI is InChI=1S/C28H28N2O3/c1-20-24(28(31)29-17-16-21-10-6-4-7-11-21)19-26(22-12-8-5-9-13-22)30(20)25-15-14-23(32-2)18-27(25)33-3/h4-15,18-19H,16-17H2,1-3H3,(H,29,31). The highest BCUT2D eigenvalue weighted by Crippen LogP contribution is 2.35. The first-order valence-corrected chi connectivity index (χ1v) is 10.9. The molecule has 0 saturated heterocycles. The van der Waals surface area contributed by atoms with Crippen LogP contribution in [0.5, 0.6) is 11.5 Å². The molecule has 5 nitrogen and oxygen atoms in total. The number of hydrogen-bond donors (Lipinski definition) is 1. The fraction of sp³-hybridized carbons (Fsp3) is 0.179. The van der Waals surface area contributed by atoms with Gasteiger partial charge in [-0.05, 0) is 42.7 Å². The van der Waals surface area contributed by atoms with E-state index in [9.17, 15) is 4.79 Å². The number of methoxy groups -OCH3 is 2. The van der Waals surface area contributed by atoms with E-state index in [0.29, 0.717) is 23.6 Å². The molecule has 0 radical (unpaired) electrons. The molecule has 3 aromatic carbocycles. The van der Waals surface area contributed by atoms with E-state index in [1.807, 2.05) is 79.7 Å². The molecule has 0 aliphatic carbocycles. The molecule has 5 heteroatoms. The quantitative estimate of drug-likeness (QED) is 0.397. The molecular weight excluding hydrogens is 412 g/mol. The van der Waals surface area contributed by atoms with Gasteiger partial charge in [-0.3, -0.25) is 4.79 Å². The molecule has 0 aliphatic heterocycles. The first-order chi connectivity index (χ1) is 16.1. The van der Waals surface area contributed by atoms with Gasteiger partial charge in [-0.2, -0.15) is 0 Å². The van der Waals surface area contributed by atoms with E-state index < -0.39 is 0 Å². The number of nitrogens with one attached hydrogen (secondary N) is 1. The summed E-state index contributed by atoms with van der Waals surface area (Å²) in [5, 5.41) is 3.08. The zero-order chi connectivity index (χ0) is 23.2. The summed E-state index contributed by atoms with van der Waals surface area (Å²) in [6, 6.07) is 27.8. The minimum atomic E-state index is -0.0909. The zero-order valence-corrected chi connectivity index (χ0v) is 19.2. The topological polar surface area (TPSA) is 52.5 Å². The van der Waals surface area contributed by atoms with Gasteiger partial charge in [0.05, 0.1) is 31.2 Å². The van der Waals surface area contributed by atoms with Gasteiger partial charge in [0.1, 0.15) is 11.5 Å². The van der Waals surface area contributed by atoms with Crippen molar-refractivity contribution in [3.05, 3.63) is 102 Å². The first-order valence-electron chi connectivity index (χ1n) is 10.9. The van der Waals surface area contributed by atoms with Crippen molar-refractivity contribution in [1.29, 1.82) is 0 Å². The summed E-state index contributed by atoms with van der Waals surface area (Å²) in [5.41, 5.74) is 5.46. The normalized spacial score (nSPS) is 10.6. The van der Waals surface area contributed by atoms with Crippen molar-refractivity contribution in [2.24, 2.45) is 0 Å². The van der Waals surface area contributed by atoms with Crippen LogP contribution in [0, 0.1) is 6.92 Å². The Kier molecular flexibility index (Phi) is 6.79. The Hall–Kier alpha value is -3.99. The van der Waals surface area contributed by atoms with Crippen LogP contribution < -0.4 is 14.8 Å². The first kappa shape index (κ1) is 22.2. The van der Waals surface area contributed by atoms with Crippen molar-refractivity contribution in [1.82, 2.24) is 9.88 Å². The van der Waals surface area contributed by atoms with Crippen LogP contribution in [0.1, 0.15) is 21.6 Å². The van der Waals surface area contributed by atoms with Gasteiger partial charge in [0, 0.05) is 18.3 Å². The summed E-state index contributed by atoms with van der Waals surface area (Å²) < 4.78 is 13.1. The molecule has 4 rings (SSSR count). The van der Waals surface area contributed by atoms with Gasteiger partial charge < -0.3 is 19.4 Å². The number of amides is 1. The van der Waals surface area contributed by atoms with Crippen molar-refractivity contribution in [2.45, 2.75) is 13.3 Å². The third-order valence-corrected chi connectivity index (χ3v) is 5.73. The number of benzene rings is 3. The van der Waals surface area contributed by atoms with Gasteiger partial charge in [0.2, 0.25) is 0 Å². The highest BCUT2D eigenvalue weighted by atomic mass is 16.5. The number of carbonyl (C=O) groups is 1. The second-order valence-corrected chi connectivity index (χ2v) is 7.76. The van der Waals surface area contributed by atoms with Gasteiger partial charge in [0.15, 0.2) is 0 Å². The van der Waals surface area contributed by atoms with Crippen LogP contribution >= 0.6 is 0 Å². The Balaban J connectivity index is 1.71. The summed E-state index contributed by atoms with van der Waals surface area (Å²) in [5.74, 6) is 1.29. The van der Waals surface area contributed by atoms with E-state index in [4.69, 9.17) is 9.47 Å². The minimum absolute atomic E-state index is 0.0909. The maximum absolute atomic E-state index is 13.2. The molecule has 1 heterocycles. The molecule has 0 aliphatic rings. The van der Waals surface area contributed by atoms with E-state index in [1.165, 1.54) is 5.56 Å². The summed E-state index contributed by atoms with van der Waals surface area (Å²) >= 11 is 0. The Bertz CT molecular complexity index is 1230. The Morgan fingerprint density at radius 3 is 2.24 bits per heavy atom. The lowest BCUT2D eigenvalue weighted by atomic mass is 10.1. The van der Waals surface area contributed by atoms with Crippen molar-refractivity contribution in [3.8, 4) is 28.4 Å². The monoisotopic (exact) mass is 440 g/mol. The van der Waals surface area contributed by atoms with Gasteiger partial charge in [0.25, 0.3) is 5.91 Å². The number of hydrogen-bond acceptors (Lipinski definition) is 3. The van der Waals surface area contributed by atoms with Crippen molar-refractivity contribution in [2.75, 3.05) is 20.8 Å². The smallest absolute Gasteiger partial charge is 0.253 e. The number of rotatable bonds is 8. The van der Waals surface area contributed by atoms with Crippen LogP contribution in [0.15, 0.2) is 84.9 Å². The highest BCUT2D eigenvalue weighted by molar-refractivity contribution is 5.97. The van der Waals surface area contributed by atoms with Crippen LogP contribution in [0.25, 0.3) is 16.9 Å². The number of ether oxygens (including phenoxy) is 2. The molecule has 0 spiro atoms. The van der Waals surface area contributed by atoms with Gasteiger partial charge in [-0.1, -0.05) is 60.7 Å². The molecule has 1 amide bonds. The molecule has 1 N–H and O–H groups in total. The lowest BCUT2D eigenvalue weighted by Gasteiger charge is -2.16. The molecule has 33 heavy (non-hydrogen) atoms. The summed E-state index contributed by atoms with van der Waals surface area (Å²) in [6.07, 6.45) is 0.782. The van der Waals surface area contributed by atoms with E-state index in [2.05, 4.69) is 22.0 Å². The summed E-state index contributed by atoms with van der Waals surface area (Å²) in [4.78, 5) is 13.2. The number of carbonyl (C=O) groups excluding carboxylic acids is 1. The average Bonchev–Trinajstić information content (AvgIpc) is 3.21. The second kappa shape index (κ2) is 10.1. The third kappa shape index (κ3) is 4.77. The predicted molar refractivity (Wildman–Crippen MR) is 132 cm³/mol. The van der Waals surface area contributed by atoms with Crippen molar-refractivity contribution >= 4 is 5.91 Å². The molecule has 0 fully saturated rings. The molecule has 0 unspecified atom stereocenters. The molecule has 0 bridgehead atoms. The van der Waals surface area contributed by atoms with E-state index in [-0.39, 0.29) is 5.91 Å². The Morgan fingerprint density at radius 2 is 1.58 bits per heavy atom. The van der Waals surface area contributed by atoms with E-state index >= 15 is 0 Å². The van der Waals surface area contributed by atoms with Gasteiger partial charge >= 0.3 is 0 Å².